The van der Waals surface area contributed by atoms with Gasteiger partial charge in [-0.3, -0.25) is 19.2 Å². The Kier molecular flexibility index (Phi) is 11.0. The fraction of sp³-hybridized carbons (Fsp3) is 0.500. The van der Waals surface area contributed by atoms with E-state index in [1.54, 1.807) is 26.0 Å². The van der Waals surface area contributed by atoms with Gasteiger partial charge in [0.1, 0.15) is 23.9 Å². The third kappa shape index (κ3) is 9.45. The Morgan fingerprint density at radius 2 is 1.50 bits per heavy atom. The predicted octanol–water partition coefficient (Wildman–Crippen LogP) is -1.26. The molecule has 0 bridgehead atoms. The lowest BCUT2D eigenvalue weighted by Gasteiger charge is -2.24. The first-order chi connectivity index (χ1) is 15.8. The molecule has 34 heavy (non-hydrogen) atoms. The van der Waals surface area contributed by atoms with Crippen LogP contribution in [0.25, 0.3) is 0 Å². The molecule has 0 saturated carbocycles. The van der Waals surface area contributed by atoms with Gasteiger partial charge in [0.2, 0.25) is 23.6 Å². The molecular weight excluding hydrogens is 446 g/mol. The van der Waals surface area contributed by atoms with Crippen molar-refractivity contribution in [2.75, 3.05) is 0 Å². The zero-order chi connectivity index (χ0) is 26.0. The number of aromatic hydroxyl groups is 1. The molecule has 9 N–H and O–H groups in total. The predicted molar refractivity (Wildman–Crippen MR) is 122 cm³/mol. The smallest absolute Gasteiger partial charge is 0.326 e. The maximum atomic E-state index is 12.7. The van der Waals surface area contributed by atoms with Crippen LogP contribution in [0.4, 0.5) is 0 Å². The molecule has 0 aliphatic rings. The highest BCUT2D eigenvalue weighted by Gasteiger charge is 2.29. The summed E-state index contributed by atoms with van der Waals surface area (Å²) in [6.45, 7) is 4.61. The standard InChI is InChI=1S/C22H33N5O7/c1-11(2)18(22(33)34)27-19(30)12(3)25-21(32)16(8-9-17(24)29)26-20(31)15(23)10-13-4-6-14(28)7-5-13/h4-7,11-12,15-16,18,28H,8-10,23H2,1-3H3,(H2,24,29)(H,25,32)(H,26,31)(H,27,30)(H,33,34). The number of carbonyl (C=O) groups is 5. The Balaban J connectivity index is 2.82. The Morgan fingerprint density at radius 1 is 0.912 bits per heavy atom. The second-order valence-electron chi connectivity index (χ2n) is 8.34. The lowest BCUT2D eigenvalue weighted by Crippen LogP contribution is -2.57. The number of hydrogen-bond acceptors (Lipinski definition) is 7. The molecule has 188 valence electrons. The van der Waals surface area contributed by atoms with Crippen LogP contribution in [0.5, 0.6) is 5.75 Å². The van der Waals surface area contributed by atoms with Crippen molar-refractivity contribution in [3.05, 3.63) is 29.8 Å². The van der Waals surface area contributed by atoms with Crippen LogP contribution in [-0.4, -0.2) is 64.0 Å². The minimum Gasteiger partial charge on any atom is -0.508 e. The normalized spacial score (nSPS) is 14.4. The number of aliphatic carboxylic acids is 1. The first-order valence-electron chi connectivity index (χ1n) is 10.8. The van der Waals surface area contributed by atoms with Gasteiger partial charge in [0.25, 0.3) is 0 Å². The summed E-state index contributed by atoms with van der Waals surface area (Å²) in [7, 11) is 0. The van der Waals surface area contributed by atoms with Crippen LogP contribution in [-0.2, 0) is 30.4 Å². The van der Waals surface area contributed by atoms with Gasteiger partial charge in [0.05, 0.1) is 6.04 Å². The van der Waals surface area contributed by atoms with E-state index in [4.69, 9.17) is 11.5 Å². The lowest BCUT2D eigenvalue weighted by atomic mass is 10.0. The van der Waals surface area contributed by atoms with Crippen LogP contribution in [0.1, 0.15) is 39.2 Å². The van der Waals surface area contributed by atoms with Crippen molar-refractivity contribution in [3.8, 4) is 5.75 Å². The Hall–Kier alpha value is -3.67. The van der Waals surface area contributed by atoms with Gasteiger partial charge in [0, 0.05) is 6.42 Å². The van der Waals surface area contributed by atoms with Crippen LogP contribution in [0, 0.1) is 5.92 Å². The van der Waals surface area contributed by atoms with Crippen LogP contribution < -0.4 is 27.4 Å². The van der Waals surface area contributed by atoms with Gasteiger partial charge >= 0.3 is 5.97 Å². The van der Waals surface area contributed by atoms with E-state index in [1.165, 1.54) is 19.1 Å². The SMILES string of the molecule is CC(NC(=O)C(CCC(N)=O)NC(=O)C(N)Cc1ccc(O)cc1)C(=O)NC(C(=O)O)C(C)C. The Labute approximate surface area is 197 Å². The second kappa shape index (κ2) is 13.1. The number of nitrogens with one attached hydrogen (secondary N) is 3. The molecule has 12 nitrogen and oxygen atoms in total. The molecule has 0 aromatic heterocycles. The van der Waals surface area contributed by atoms with Crippen molar-refractivity contribution >= 4 is 29.6 Å². The molecule has 0 saturated heterocycles. The zero-order valence-electron chi connectivity index (χ0n) is 19.4. The third-order valence-electron chi connectivity index (χ3n) is 5.02. The third-order valence-corrected chi connectivity index (χ3v) is 5.02. The first kappa shape index (κ1) is 28.4. The van der Waals surface area contributed by atoms with E-state index in [1.807, 2.05) is 0 Å². The first-order valence-corrected chi connectivity index (χ1v) is 10.8. The number of nitrogens with two attached hydrogens (primary N) is 2. The average molecular weight is 480 g/mol. The molecule has 0 aliphatic heterocycles. The van der Waals surface area contributed by atoms with Gasteiger partial charge in [0.15, 0.2) is 0 Å². The number of hydrogen-bond donors (Lipinski definition) is 7. The molecule has 4 amide bonds. The van der Waals surface area contributed by atoms with Gasteiger partial charge in [-0.25, -0.2) is 4.79 Å². The molecule has 0 spiro atoms. The molecule has 1 rings (SSSR count). The largest absolute Gasteiger partial charge is 0.508 e. The average Bonchev–Trinajstić information content (AvgIpc) is 2.75. The van der Waals surface area contributed by atoms with Gasteiger partial charge in [-0.1, -0.05) is 26.0 Å². The number of rotatable bonds is 13. The van der Waals surface area contributed by atoms with Crippen molar-refractivity contribution in [2.45, 2.75) is 64.2 Å². The van der Waals surface area contributed by atoms with Crippen molar-refractivity contribution < 1.29 is 34.2 Å². The maximum absolute atomic E-state index is 12.7. The quantitative estimate of drug-likeness (QED) is 0.181. The number of benzene rings is 1. The molecule has 0 heterocycles. The minimum absolute atomic E-state index is 0.0613. The van der Waals surface area contributed by atoms with Crippen molar-refractivity contribution in [2.24, 2.45) is 17.4 Å². The second-order valence-corrected chi connectivity index (χ2v) is 8.34. The van der Waals surface area contributed by atoms with Crippen LogP contribution in [0.3, 0.4) is 0 Å². The highest BCUT2D eigenvalue weighted by molar-refractivity contribution is 5.94. The van der Waals surface area contributed by atoms with E-state index >= 15 is 0 Å². The molecule has 0 radical (unpaired) electrons. The molecule has 0 aliphatic carbocycles. The van der Waals surface area contributed by atoms with Crippen molar-refractivity contribution in [1.29, 1.82) is 0 Å². The van der Waals surface area contributed by atoms with Crippen molar-refractivity contribution in [3.63, 3.8) is 0 Å². The van der Waals surface area contributed by atoms with Crippen LogP contribution >= 0.6 is 0 Å². The number of amides is 4. The zero-order valence-corrected chi connectivity index (χ0v) is 19.4. The van der Waals surface area contributed by atoms with Gasteiger partial charge in [-0.15, -0.1) is 0 Å². The lowest BCUT2D eigenvalue weighted by molar-refractivity contribution is -0.143. The summed E-state index contributed by atoms with van der Waals surface area (Å²) >= 11 is 0. The molecule has 4 unspecified atom stereocenters. The molecule has 1 aromatic carbocycles. The fourth-order valence-electron chi connectivity index (χ4n) is 2.98. The van der Waals surface area contributed by atoms with Crippen molar-refractivity contribution in [1.82, 2.24) is 16.0 Å². The highest BCUT2D eigenvalue weighted by Crippen LogP contribution is 2.11. The van der Waals surface area contributed by atoms with E-state index < -0.39 is 53.8 Å². The number of carboxylic acid groups (broad SMARTS) is 1. The van der Waals surface area contributed by atoms with E-state index in [9.17, 15) is 34.2 Å². The van der Waals surface area contributed by atoms with E-state index in [-0.39, 0.29) is 30.9 Å². The van der Waals surface area contributed by atoms with Gasteiger partial charge in [-0.05, 0) is 43.4 Å². The number of carboxylic acids is 1. The number of phenols is 1. The number of primary amides is 1. The Bertz CT molecular complexity index is 888. The van der Waals surface area contributed by atoms with Gasteiger partial charge < -0.3 is 37.6 Å². The molecular formula is C22H33N5O7. The molecule has 0 fully saturated rings. The topological polar surface area (TPSA) is 214 Å². The van der Waals surface area contributed by atoms with E-state index in [0.717, 1.165) is 0 Å². The monoisotopic (exact) mass is 479 g/mol. The summed E-state index contributed by atoms with van der Waals surface area (Å²) < 4.78 is 0. The summed E-state index contributed by atoms with van der Waals surface area (Å²) in [5.74, 6) is -4.37. The van der Waals surface area contributed by atoms with Gasteiger partial charge in [-0.2, -0.15) is 0 Å². The molecule has 12 heteroatoms. The number of phenolic OH excluding ortho intramolecular Hbond substituents is 1. The summed E-state index contributed by atoms with van der Waals surface area (Å²) in [5.41, 5.74) is 11.8. The maximum Gasteiger partial charge on any atom is 0.326 e. The summed E-state index contributed by atoms with van der Waals surface area (Å²) in [4.78, 5) is 60.2. The highest BCUT2D eigenvalue weighted by atomic mass is 16.4. The minimum atomic E-state index is -1.21. The number of carbonyl (C=O) groups excluding carboxylic acids is 4. The fourth-order valence-corrected chi connectivity index (χ4v) is 2.98. The summed E-state index contributed by atoms with van der Waals surface area (Å²) in [6.07, 6.45) is -0.210. The van der Waals surface area contributed by atoms with Crippen LogP contribution in [0.2, 0.25) is 0 Å². The van der Waals surface area contributed by atoms with E-state index in [2.05, 4.69) is 16.0 Å². The van der Waals surface area contributed by atoms with E-state index in [0.29, 0.717) is 5.56 Å². The molecule has 1 aromatic rings. The van der Waals surface area contributed by atoms with Crippen LogP contribution in [0.15, 0.2) is 24.3 Å². The summed E-state index contributed by atoms with van der Waals surface area (Å²) in [6, 6.07) is 1.59. The summed E-state index contributed by atoms with van der Waals surface area (Å²) in [5, 5.41) is 25.8. The Morgan fingerprint density at radius 3 is 2.00 bits per heavy atom. The molecule has 4 atom stereocenters.